The van der Waals surface area contributed by atoms with Crippen LogP contribution in [0.2, 0.25) is 0 Å². The molecule has 110 valence electrons. The number of hydrogen-bond donors (Lipinski definition) is 3. The van der Waals surface area contributed by atoms with E-state index in [0.29, 0.717) is 32.6 Å². The third-order valence-electron chi connectivity index (χ3n) is 3.33. The van der Waals surface area contributed by atoms with Crippen LogP contribution in [0, 0.1) is 5.92 Å². The molecule has 0 bridgehead atoms. The molecule has 7 nitrogen and oxygen atoms in total. The minimum absolute atomic E-state index is 0.0352. The summed E-state index contributed by atoms with van der Waals surface area (Å²) in [5.74, 6) is -0.221. The van der Waals surface area contributed by atoms with E-state index in [0.717, 1.165) is 19.6 Å². The van der Waals surface area contributed by atoms with Gasteiger partial charge in [-0.1, -0.05) is 0 Å². The molecule has 1 fully saturated rings. The largest absolute Gasteiger partial charge is 0.355 e. The quantitative estimate of drug-likeness (QED) is 0.465. The minimum atomic E-state index is -0.213. The molecule has 1 aliphatic rings. The SMILES string of the molecule is CN1CC(C(=O)NCCN(CCN)CCN)CC1=O. The van der Waals surface area contributed by atoms with Crippen molar-refractivity contribution in [3.8, 4) is 0 Å². The van der Waals surface area contributed by atoms with Crippen molar-refractivity contribution in [2.75, 3.05) is 52.9 Å². The molecule has 0 radical (unpaired) electrons. The molecular formula is C12H25N5O2. The van der Waals surface area contributed by atoms with Crippen LogP contribution >= 0.6 is 0 Å². The van der Waals surface area contributed by atoms with Crippen molar-refractivity contribution in [2.45, 2.75) is 6.42 Å². The van der Waals surface area contributed by atoms with Crippen LogP contribution in [-0.4, -0.2) is 74.5 Å². The van der Waals surface area contributed by atoms with E-state index in [1.165, 1.54) is 0 Å². The molecule has 5 N–H and O–H groups in total. The first kappa shape index (κ1) is 15.9. The number of nitrogens with zero attached hydrogens (tertiary/aromatic N) is 2. The van der Waals surface area contributed by atoms with Crippen LogP contribution in [0.15, 0.2) is 0 Å². The molecule has 1 unspecified atom stereocenters. The van der Waals surface area contributed by atoms with E-state index in [1.54, 1.807) is 11.9 Å². The lowest BCUT2D eigenvalue weighted by molar-refractivity contribution is -0.128. The van der Waals surface area contributed by atoms with E-state index >= 15 is 0 Å². The number of carbonyl (C=O) groups is 2. The lowest BCUT2D eigenvalue weighted by Gasteiger charge is -2.21. The van der Waals surface area contributed by atoms with Crippen LogP contribution in [0.4, 0.5) is 0 Å². The Kier molecular flexibility index (Phi) is 6.75. The molecule has 0 aromatic rings. The van der Waals surface area contributed by atoms with Gasteiger partial charge in [-0.25, -0.2) is 0 Å². The molecule has 2 amide bonds. The van der Waals surface area contributed by atoms with Crippen LogP contribution in [0.25, 0.3) is 0 Å². The third kappa shape index (κ3) is 5.14. The highest BCUT2D eigenvalue weighted by Crippen LogP contribution is 2.15. The number of rotatable bonds is 8. The number of nitrogens with one attached hydrogen (secondary N) is 1. The summed E-state index contributed by atoms with van der Waals surface area (Å²) in [6, 6.07) is 0. The van der Waals surface area contributed by atoms with Gasteiger partial charge < -0.3 is 21.7 Å². The molecule has 0 aromatic heterocycles. The van der Waals surface area contributed by atoms with E-state index in [1.807, 2.05) is 0 Å². The van der Waals surface area contributed by atoms with Crippen LogP contribution < -0.4 is 16.8 Å². The maximum Gasteiger partial charge on any atom is 0.225 e. The summed E-state index contributed by atoms with van der Waals surface area (Å²) in [4.78, 5) is 26.9. The fraction of sp³-hybridized carbons (Fsp3) is 0.833. The van der Waals surface area contributed by atoms with E-state index in [4.69, 9.17) is 11.5 Å². The Morgan fingerprint density at radius 3 is 2.47 bits per heavy atom. The molecule has 0 spiro atoms. The van der Waals surface area contributed by atoms with Crippen molar-refractivity contribution < 1.29 is 9.59 Å². The molecule has 19 heavy (non-hydrogen) atoms. The highest BCUT2D eigenvalue weighted by molar-refractivity contribution is 5.89. The van der Waals surface area contributed by atoms with E-state index in [9.17, 15) is 9.59 Å². The normalized spacial score (nSPS) is 19.3. The number of likely N-dealkylation sites (tertiary alicyclic amines) is 1. The fourth-order valence-electron chi connectivity index (χ4n) is 2.22. The number of carbonyl (C=O) groups excluding carboxylic acids is 2. The van der Waals surface area contributed by atoms with Gasteiger partial charge in [0.25, 0.3) is 0 Å². The summed E-state index contributed by atoms with van der Waals surface area (Å²) >= 11 is 0. The Labute approximate surface area is 114 Å². The zero-order valence-electron chi connectivity index (χ0n) is 11.6. The molecule has 1 saturated heterocycles. The van der Waals surface area contributed by atoms with Gasteiger partial charge in [0.15, 0.2) is 0 Å². The van der Waals surface area contributed by atoms with Crippen molar-refractivity contribution in [3.63, 3.8) is 0 Å². The summed E-state index contributed by atoms with van der Waals surface area (Å²) in [5, 5.41) is 2.87. The van der Waals surface area contributed by atoms with Gasteiger partial charge in [0.2, 0.25) is 11.8 Å². The Hall–Kier alpha value is -1.18. The van der Waals surface area contributed by atoms with Crippen molar-refractivity contribution in [1.82, 2.24) is 15.1 Å². The van der Waals surface area contributed by atoms with E-state index < -0.39 is 0 Å². The molecule has 0 aromatic carbocycles. The van der Waals surface area contributed by atoms with Crippen LogP contribution in [0.1, 0.15) is 6.42 Å². The monoisotopic (exact) mass is 271 g/mol. The van der Waals surface area contributed by atoms with E-state index in [-0.39, 0.29) is 17.7 Å². The standard InChI is InChI=1S/C12H25N5O2/c1-16-9-10(8-11(16)18)12(19)15-4-7-17(5-2-13)6-3-14/h10H,2-9,13-14H2,1H3,(H,15,19). The summed E-state index contributed by atoms with van der Waals surface area (Å²) < 4.78 is 0. The third-order valence-corrected chi connectivity index (χ3v) is 3.33. The van der Waals surface area contributed by atoms with Gasteiger partial charge >= 0.3 is 0 Å². The summed E-state index contributed by atoms with van der Waals surface area (Å²) in [7, 11) is 1.72. The highest BCUT2D eigenvalue weighted by atomic mass is 16.2. The maximum atomic E-state index is 11.9. The minimum Gasteiger partial charge on any atom is -0.355 e. The molecule has 1 aliphatic heterocycles. The second kappa shape index (κ2) is 8.08. The van der Waals surface area contributed by atoms with Gasteiger partial charge in [-0.2, -0.15) is 0 Å². The average molecular weight is 271 g/mol. The average Bonchev–Trinajstić information content (AvgIpc) is 2.70. The lowest BCUT2D eigenvalue weighted by Crippen LogP contribution is -2.41. The first-order valence-corrected chi connectivity index (χ1v) is 6.72. The van der Waals surface area contributed by atoms with E-state index in [2.05, 4.69) is 10.2 Å². The van der Waals surface area contributed by atoms with Crippen molar-refractivity contribution >= 4 is 11.8 Å². The number of nitrogens with two attached hydrogens (primary N) is 2. The molecule has 1 rings (SSSR count). The smallest absolute Gasteiger partial charge is 0.225 e. The molecular weight excluding hydrogens is 246 g/mol. The Balaban J connectivity index is 2.24. The van der Waals surface area contributed by atoms with Crippen LogP contribution in [0.5, 0.6) is 0 Å². The predicted molar refractivity (Wildman–Crippen MR) is 73.3 cm³/mol. The topological polar surface area (TPSA) is 105 Å². The first-order chi connectivity index (χ1) is 9.08. The Morgan fingerprint density at radius 2 is 2.00 bits per heavy atom. The van der Waals surface area contributed by atoms with Gasteiger partial charge in [-0.05, 0) is 0 Å². The zero-order chi connectivity index (χ0) is 14.3. The maximum absolute atomic E-state index is 11.9. The van der Waals surface area contributed by atoms with Crippen LogP contribution in [0.3, 0.4) is 0 Å². The van der Waals surface area contributed by atoms with Gasteiger partial charge in [0, 0.05) is 59.3 Å². The number of hydrogen-bond acceptors (Lipinski definition) is 5. The molecule has 0 aliphatic carbocycles. The summed E-state index contributed by atoms with van der Waals surface area (Å²) in [6.07, 6.45) is 0.317. The highest BCUT2D eigenvalue weighted by Gasteiger charge is 2.31. The molecule has 0 saturated carbocycles. The van der Waals surface area contributed by atoms with Gasteiger partial charge in [-0.3, -0.25) is 14.5 Å². The summed E-state index contributed by atoms with van der Waals surface area (Å²) in [5.41, 5.74) is 11.0. The van der Waals surface area contributed by atoms with Crippen molar-refractivity contribution in [1.29, 1.82) is 0 Å². The first-order valence-electron chi connectivity index (χ1n) is 6.72. The Bertz CT molecular complexity index is 304. The predicted octanol–water partition coefficient (Wildman–Crippen LogP) is -2.20. The van der Waals surface area contributed by atoms with Gasteiger partial charge in [0.1, 0.15) is 0 Å². The van der Waals surface area contributed by atoms with Crippen LogP contribution in [-0.2, 0) is 9.59 Å². The van der Waals surface area contributed by atoms with Crippen molar-refractivity contribution in [2.24, 2.45) is 17.4 Å². The molecule has 7 heteroatoms. The lowest BCUT2D eigenvalue weighted by atomic mass is 10.1. The summed E-state index contributed by atoms with van der Waals surface area (Å²) in [6.45, 7) is 4.52. The number of amides is 2. The van der Waals surface area contributed by atoms with Gasteiger partial charge in [0.05, 0.1) is 5.92 Å². The molecule has 1 atom stereocenters. The second-order valence-electron chi connectivity index (χ2n) is 4.89. The second-order valence-corrected chi connectivity index (χ2v) is 4.89. The fourth-order valence-corrected chi connectivity index (χ4v) is 2.22. The van der Waals surface area contributed by atoms with Crippen molar-refractivity contribution in [3.05, 3.63) is 0 Å². The zero-order valence-corrected chi connectivity index (χ0v) is 11.6. The Morgan fingerprint density at radius 1 is 1.37 bits per heavy atom. The molecule has 1 heterocycles. The van der Waals surface area contributed by atoms with Gasteiger partial charge in [-0.15, -0.1) is 0 Å².